The van der Waals surface area contributed by atoms with Gasteiger partial charge in [0.2, 0.25) is 0 Å². The molecule has 1 fully saturated rings. The van der Waals surface area contributed by atoms with Crippen molar-refractivity contribution < 1.29 is 19.0 Å². The third kappa shape index (κ3) is 4.61. The highest BCUT2D eigenvalue weighted by Crippen LogP contribution is 2.24. The quantitative estimate of drug-likeness (QED) is 0.315. The molecule has 2 aromatic rings. The Morgan fingerprint density at radius 2 is 1.62 bits per heavy atom. The molecule has 3 atom stereocenters. The average Bonchev–Trinajstić information content (AvgIpc) is 2.97. The lowest BCUT2D eigenvalue weighted by atomic mass is 10.1. The van der Waals surface area contributed by atoms with Gasteiger partial charge in [0, 0.05) is 4.91 Å². The molecule has 0 radical (unpaired) electrons. The Morgan fingerprint density at radius 3 is 2.23 bits per heavy atom. The number of ether oxygens (including phenoxy) is 3. The molecule has 0 N–H and O–H groups in total. The second-order valence-electron chi connectivity index (χ2n) is 5.89. The van der Waals surface area contributed by atoms with Gasteiger partial charge < -0.3 is 14.2 Å². The van der Waals surface area contributed by atoms with Crippen LogP contribution in [0.1, 0.15) is 11.1 Å². The molecule has 0 amide bonds. The van der Waals surface area contributed by atoms with Crippen LogP contribution in [0.15, 0.2) is 65.8 Å². The fourth-order valence-electron chi connectivity index (χ4n) is 2.75. The van der Waals surface area contributed by atoms with Gasteiger partial charge in [-0.3, -0.25) is 4.79 Å². The maximum Gasteiger partial charge on any atom is 0.318 e. The van der Waals surface area contributed by atoms with Crippen LogP contribution in [0.5, 0.6) is 0 Å². The Morgan fingerprint density at radius 1 is 1.00 bits per heavy atom. The number of carbonyl (C=O) groups excluding carboxylic acids is 1. The Bertz CT molecular complexity index is 763. The predicted molar refractivity (Wildman–Crippen MR) is 93.9 cm³/mol. The van der Waals surface area contributed by atoms with Crippen LogP contribution in [0, 0.1) is 0 Å². The molecule has 0 saturated carbocycles. The van der Waals surface area contributed by atoms with E-state index >= 15 is 0 Å². The van der Waals surface area contributed by atoms with E-state index in [2.05, 4.69) is 10.0 Å². The molecule has 2 aromatic carbocycles. The third-order valence-electron chi connectivity index (χ3n) is 4.04. The first-order chi connectivity index (χ1) is 12.8. The summed E-state index contributed by atoms with van der Waals surface area (Å²) < 4.78 is 16.8. The summed E-state index contributed by atoms with van der Waals surface area (Å²) in [6.45, 7) is 0.846. The number of nitrogens with zero attached hydrogens (tertiary/aromatic N) is 3. The Kier molecular flexibility index (Phi) is 6.22. The summed E-state index contributed by atoms with van der Waals surface area (Å²) in [4.78, 5) is 14.7. The van der Waals surface area contributed by atoms with Crippen molar-refractivity contribution in [3.05, 3.63) is 82.2 Å². The second kappa shape index (κ2) is 9.01. The molecular formula is C19H19N3O4. The summed E-state index contributed by atoms with van der Waals surface area (Å²) in [5, 5.41) is 3.54. The highest BCUT2D eigenvalue weighted by Gasteiger charge is 2.45. The number of hydrogen-bond donors (Lipinski definition) is 0. The standard InChI is InChI=1S/C19H19N3O4/c20-22-21-17-18(25-12-15-9-5-2-6-10-15)16(26-19(17)23)13-24-11-14-7-3-1-4-8-14/h1-10,16-18H,11-13H2/t16-,17?,18-/m1/s1. The molecule has 1 saturated heterocycles. The minimum atomic E-state index is -1.01. The lowest BCUT2D eigenvalue weighted by molar-refractivity contribution is -0.145. The molecule has 7 nitrogen and oxygen atoms in total. The Balaban J connectivity index is 1.61. The van der Waals surface area contributed by atoms with Crippen molar-refractivity contribution >= 4 is 5.97 Å². The summed E-state index contributed by atoms with van der Waals surface area (Å²) in [7, 11) is 0. The topological polar surface area (TPSA) is 93.5 Å². The van der Waals surface area contributed by atoms with Gasteiger partial charge in [-0.2, -0.15) is 0 Å². The fourth-order valence-corrected chi connectivity index (χ4v) is 2.75. The number of benzene rings is 2. The fraction of sp³-hybridized carbons (Fsp3) is 0.316. The SMILES string of the molecule is [N-]=[N+]=NC1C(=O)O[C@H](COCc2ccccc2)[C@H]1OCc1ccccc1. The van der Waals surface area contributed by atoms with E-state index in [1.807, 2.05) is 60.7 Å². The van der Waals surface area contributed by atoms with Gasteiger partial charge in [-0.15, -0.1) is 0 Å². The van der Waals surface area contributed by atoms with Gasteiger partial charge in [-0.1, -0.05) is 65.8 Å². The summed E-state index contributed by atoms with van der Waals surface area (Å²) in [6.07, 6.45) is -1.31. The number of rotatable bonds is 8. The van der Waals surface area contributed by atoms with E-state index in [1.54, 1.807) is 0 Å². The van der Waals surface area contributed by atoms with E-state index in [0.29, 0.717) is 6.61 Å². The van der Waals surface area contributed by atoms with Crippen molar-refractivity contribution in [1.82, 2.24) is 0 Å². The van der Waals surface area contributed by atoms with Crippen molar-refractivity contribution in [3.63, 3.8) is 0 Å². The van der Waals surface area contributed by atoms with Crippen molar-refractivity contribution in [2.24, 2.45) is 5.11 Å². The first-order valence-corrected chi connectivity index (χ1v) is 8.30. The van der Waals surface area contributed by atoms with Gasteiger partial charge in [0.25, 0.3) is 0 Å². The predicted octanol–water partition coefficient (Wildman–Crippen LogP) is 3.39. The van der Waals surface area contributed by atoms with Gasteiger partial charge in [-0.05, 0) is 16.7 Å². The van der Waals surface area contributed by atoms with E-state index in [4.69, 9.17) is 19.7 Å². The van der Waals surface area contributed by atoms with Gasteiger partial charge in [0.05, 0.1) is 19.8 Å². The highest BCUT2D eigenvalue weighted by atomic mass is 16.6. The van der Waals surface area contributed by atoms with Crippen molar-refractivity contribution in [2.45, 2.75) is 31.5 Å². The van der Waals surface area contributed by atoms with Crippen LogP contribution >= 0.6 is 0 Å². The van der Waals surface area contributed by atoms with E-state index in [9.17, 15) is 4.79 Å². The van der Waals surface area contributed by atoms with Crippen LogP contribution in [-0.2, 0) is 32.2 Å². The molecule has 0 spiro atoms. The van der Waals surface area contributed by atoms with Gasteiger partial charge in [-0.25, -0.2) is 0 Å². The van der Waals surface area contributed by atoms with Crippen molar-refractivity contribution in [2.75, 3.05) is 6.61 Å². The lowest BCUT2D eigenvalue weighted by Crippen LogP contribution is -2.35. The molecular weight excluding hydrogens is 334 g/mol. The zero-order valence-electron chi connectivity index (χ0n) is 14.1. The molecule has 1 unspecified atom stereocenters. The third-order valence-corrected chi connectivity index (χ3v) is 4.04. The number of cyclic esters (lactones) is 1. The van der Waals surface area contributed by atoms with Crippen LogP contribution in [0.4, 0.5) is 0 Å². The first-order valence-electron chi connectivity index (χ1n) is 8.30. The van der Waals surface area contributed by atoms with Crippen LogP contribution in [0.2, 0.25) is 0 Å². The summed E-state index contributed by atoms with van der Waals surface area (Å²) >= 11 is 0. The monoisotopic (exact) mass is 353 g/mol. The molecule has 0 aliphatic carbocycles. The average molecular weight is 353 g/mol. The summed E-state index contributed by atoms with van der Waals surface area (Å²) in [5.74, 6) is -0.589. The molecule has 134 valence electrons. The first kappa shape index (κ1) is 17.9. The normalized spacial score (nSPS) is 21.8. The van der Waals surface area contributed by atoms with Crippen molar-refractivity contribution in [3.8, 4) is 0 Å². The minimum absolute atomic E-state index is 0.164. The molecule has 1 aliphatic rings. The van der Waals surface area contributed by atoms with Crippen LogP contribution in [0.25, 0.3) is 10.4 Å². The number of esters is 1. The number of azide groups is 1. The van der Waals surface area contributed by atoms with Gasteiger partial charge in [0.15, 0.2) is 12.1 Å². The zero-order chi connectivity index (χ0) is 18.2. The molecule has 3 rings (SSSR count). The van der Waals surface area contributed by atoms with Crippen LogP contribution < -0.4 is 0 Å². The molecule has 0 aromatic heterocycles. The maximum absolute atomic E-state index is 12.0. The largest absolute Gasteiger partial charge is 0.457 e. The Labute approximate surface area is 151 Å². The van der Waals surface area contributed by atoms with Crippen LogP contribution in [0.3, 0.4) is 0 Å². The van der Waals surface area contributed by atoms with Gasteiger partial charge in [0.1, 0.15) is 6.10 Å². The number of hydrogen-bond acceptors (Lipinski definition) is 5. The number of carbonyl (C=O) groups is 1. The smallest absolute Gasteiger partial charge is 0.318 e. The molecule has 0 bridgehead atoms. The second-order valence-corrected chi connectivity index (χ2v) is 5.89. The van der Waals surface area contributed by atoms with E-state index in [-0.39, 0.29) is 13.2 Å². The molecule has 1 aliphatic heterocycles. The van der Waals surface area contributed by atoms with Gasteiger partial charge >= 0.3 is 5.97 Å². The lowest BCUT2D eigenvalue weighted by Gasteiger charge is -2.20. The van der Waals surface area contributed by atoms with Crippen LogP contribution in [-0.4, -0.2) is 30.8 Å². The van der Waals surface area contributed by atoms with Crippen molar-refractivity contribution in [1.29, 1.82) is 0 Å². The molecule has 26 heavy (non-hydrogen) atoms. The Hall–Kier alpha value is -2.86. The highest BCUT2D eigenvalue weighted by molar-refractivity contribution is 5.79. The maximum atomic E-state index is 12.0. The van der Waals surface area contributed by atoms with E-state index in [0.717, 1.165) is 11.1 Å². The minimum Gasteiger partial charge on any atom is -0.457 e. The van der Waals surface area contributed by atoms with E-state index in [1.165, 1.54) is 0 Å². The molecule has 7 heteroatoms. The zero-order valence-corrected chi connectivity index (χ0v) is 14.1. The summed E-state index contributed by atoms with van der Waals surface area (Å²) in [6, 6.07) is 18.2. The summed E-state index contributed by atoms with van der Waals surface area (Å²) in [5.41, 5.74) is 10.7. The molecule has 1 heterocycles. The van der Waals surface area contributed by atoms with E-state index < -0.39 is 24.2 Å².